The van der Waals surface area contributed by atoms with Crippen molar-refractivity contribution >= 4 is 28.8 Å². The summed E-state index contributed by atoms with van der Waals surface area (Å²) in [4.78, 5) is 41.7. The Hall–Kier alpha value is -2.96. The van der Waals surface area contributed by atoms with E-state index in [0.29, 0.717) is 17.8 Å². The number of nitrogens with one attached hydrogen (secondary N) is 1. The van der Waals surface area contributed by atoms with E-state index in [1.807, 2.05) is 25.1 Å². The summed E-state index contributed by atoms with van der Waals surface area (Å²) in [5.41, 5.74) is 2.68. The normalized spacial score (nSPS) is 15.2. The molecule has 0 bridgehead atoms. The number of hydrogen-bond acceptors (Lipinski definition) is 5. The number of aromatic nitrogens is 1. The first-order valence-corrected chi connectivity index (χ1v) is 8.05. The molecule has 2 heterocycles. The van der Waals surface area contributed by atoms with Crippen molar-refractivity contribution in [1.82, 2.24) is 15.2 Å². The second-order valence-electron chi connectivity index (χ2n) is 6.09. The lowest BCUT2D eigenvalue weighted by molar-refractivity contribution is -0.136. The number of nitrogens with zero attached hydrogens (tertiary/aromatic N) is 2. The SMILES string of the molecule is Cc1ccc2nc(C)c(C(=O)O[C@H](C)C(=O)N3CCNC3=O)cc2c1. The fourth-order valence-electron chi connectivity index (χ4n) is 2.77. The van der Waals surface area contributed by atoms with Crippen LogP contribution < -0.4 is 5.32 Å². The summed E-state index contributed by atoms with van der Waals surface area (Å²) in [5, 5.41) is 3.37. The van der Waals surface area contributed by atoms with Crippen molar-refractivity contribution in [2.45, 2.75) is 26.9 Å². The zero-order chi connectivity index (χ0) is 18.1. The van der Waals surface area contributed by atoms with Crippen LogP contribution in [-0.2, 0) is 9.53 Å². The van der Waals surface area contributed by atoms with E-state index in [1.54, 1.807) is 13.0 Å². The van der Waals surface area contributed by atoms with Crippen LogP contribution in [0, 0.1) is 13.8 Å². The average molecular weight is 341 g/mol. The van der Waals surface area contributed by atoms with Crippen LogP contribution in [0.25, 0.3) is 10.9 Å². The lowest BCUT2D eigenvalue weighted by Crippen LogP contribution is -2.41. The molecule has 1 aliphatic heterocycles. The van der Waals surface area contributed by atoms with Crippen LogP contribution >= 0.6 is 0 Å². The predicted molar refractivity (Wildman–Crippen MR) is 91.2 cm³/mol. The number of imide groups is 1. The molecule has 130 valence electrons. The summed E-state index contributed by atoms with van der Waals surface area (Å²) in [6, 6.07) is 7.03. The molecule has 3 amide bonds. The van der Waals surface area contributed by atoms with Gasteiger partial charge < -0.3 is 10.1 Å². The Balaban J connectivity index is 1.80. The molecule has 1 N–H and O–H groups in total. The van der Waals surface area contributed by atoms with Gasteiger partial charge in [-0.05, 0) is 39.0 Å². The molecule has 0 spiro atoms. The highest BCUT2D eigenvalue weighted by Crippen LogP contribution is 2.19. The molecule has 2 aromatic rings. The van der Waals surface area contributed by atoms with Gasteiger partial charge in [0.25, 0.3) is 5.91 Å². The quantitative estimate of drug-likeness (QED) is 0.862. The van der Waals surface area contributed by atoms with Crippen molar-refractivity contribution < 1.29 is 19.1 Å². The third kappa shape index (κ3) is 3.31. The molecule has 1 fully saturated rings. The van der Waals surface area contributed by atoms with E-state index in [4.69, 9.17) is 4.74 Å². The van der Waals surface area contributed by atoms with Gasteiger partial charge in [0.2, 0.25) is 0 Å². The smallest absolute Gasteiger partial charge is 0.340 e. The third-order valence-corrected chi connectivity index (χ3v) is 4.14. The molecule has 7 heteroatoms. The van der Waals surface area contributed by atoms with E-state index in [2.05, 4.69) is 10.3 Å². The highest BCUT2D eigenvalue weighted by Gasteiger charge is 2.32. The summed E-state index contributed by atoms with van der Waals surface area (Å²) >= 11 is 0. The van der Waals surface area contributed by atoms with Crippen molar-refractivity contribution in [3.8, 4) is 0 Å². The topological polar surface area (TPSA) is 88.6 Å². The fourth-order valence-corrected chi connectivity index (χ4v) is 2.77. The zero-order valence-corrected chi connectivity index (χ0v) is 14.3. The number of benzene rings is 1. The van der Waals surface area contributed by atoms with Crippen molar-refractivity contribution in [2.75, 3.05) is 13.1 Å². The van der Waals surface area contributed by atoms with Crippen molar-refractivity contribution in [1.29, 1.82) is 0 Å². The van der Waals surface area contributed by atoms with Gasteiger partial charge in [-0.3, -0.25) is 14.7 Å². The predicted octanol–water partition coefficient (Wildman–Crippen LogP) is 1.95. The van der Waals surface area contributed by atoms with Crippen molar-refractivity contribution in [3.63, 3.8) is 0 Å². The number of pyridine rings is 1. The highest BCUT2D eigenvalue weighted by atomic mass is 16.5. The van der Waals surface area contributed by atoms with E-state index >= 15 is 0 Å². The minimum atomic E-state index is -1.05. The molecule has 0 saturated carbocycles. The average Bonchev–Trinajstić information content (AvgIpc) is 2.99. The van der Waals surface area contributed by atoms with Gasteiger partial charge in [0.1, 0.15) is 0 Å². The third-order valence-electron chi connectivity index (χ3n) is 4.14. The second kappa shape index (κ2) is 6.51. The van der Waals surface area contributed by atoms with Crippen molar-refractivity contribution in [3.05, 3.63) is 41.1 Å². The van der Waals surface area contributed by atoms with Gasteiger partial charge in [0, 0.05) is 18.5 Å². The van der Waals surface area contributed by atoms with E-state index in [1.165, 1.54) is 6.92 Å². The van der Waals surface area contributed by atoms with Gasteiger partial charge >= 0.3 is 12.0 Å². The lowest BCUT2D eigenvalue weighted by Gasteiger charge is -2.18. The van der Waals surface area contributed by atoms with Gasteiger partial charge in [0.15, 0.2) is 6.10 Å². The first-order chi connectivity index (χ1) is 11.9. The Morgan fingerprint density at radius 3 is 2.72 bits per heavy atom. The van der Waals surface area contributed by atoms with Crippen LogP contribution in [-0.4, -0.2) is 47.0 Å². The molecule has 1 atom stereocenters. The number of fused-ring (bicyclic) bond motifs is 1. The van der Waals surface area contributed by atoms with Crippen LogP contribution in [0.4, 0.5) is 4.79 Å². The first kappa shape index (κ1) is 16.9. The molecule has 25 heavy (non-hydrogen) atoms. The maximum atomic E-state index is 12.5. The molecule has 1 aromatic carbocycles. The number of carbonyl (C=O) groups excluding carboxylic acids is 3. The molecule has 1 aromatic heterocycles. The maximum absolute atomic E-state index is 12.5. The van der Waals surface area contributed by atoms with Crippen LogP contribution in [0.3, 0.4) is 0 Å². The number of urea groups is 1. The molecular formula is C18H19N3O4. The minimum absolute atomic E-state index is 0.273. The Morgan fingerprint density at radius 2 is 2.04 bits per heavy atom. The lowest BCUT2D eigenvalue weighted by atomic mass is 10.1. The number of hydrogen-bond donors (Lipinski definition) is 1. The number of esters is 1. The molecule has 3 rings (SSSR count). The summed E-state index contributed by atoms with van der Waals surface area (Å²) in [6.07, 6.45) is -1.05. The number of aryl methyl sites for hydroxylation is 2. The molecule has 1 aliphatic rings. The number of ether oxygens (including phenoxy) is 1. The van der Waals surface area contributed by atoms with E-state index in [0.717, 1.165) is 21.4 Å². The number of carbonyl (C=O) groups is 3. The summed E-state index contributed by atoms with van der Waals surface area (Å²) in [5.74, 6) is -1.17. The van der Waals surface area contributed by atoms with E-state index < -0.39 is 24.0 Å². The Bertz CT molecular complexity index is 878. The second-order valence-corrected chi connectivity index (χ2v) is 6.09. The fraction of sp³-hybridized carbons (Fsp3) is 0.333. The van der Waals surface area contributed by atoms with Crippen LogP contribution in [0.15, 0.2) is 24.3 Å². The van der Waals surface area contributed by atoms with Gasteiger partial charge in [-0.1, -0.05) is 11.6 Å². The van der Waals surface area contributed by atoms with Crippen LogP contribution in [0.5, 0.6) is 0 Å². The first-order valence-electron chi connectivity index (χ1n) is 8.05. The Labute approximate surface area is 145 Å². The van der Waals surface area contributed by atoms with E-state index in [-0.39, 0.29) is 6.54 Å². The minimum Gasteiger partial charge on any atom is -0.449 e. The number of amides is 3. The van der Waals surface area contributed by atoms with Gasteiger partial charge in [-0.25, -0.2) is 9.59 Å². The Morgan fingerprint density at radius 1 is 1.28 bits per heavy atom. The van der Waals surface area contributed by atoms with E-state index in [9.17, 15) is 14.4 Å². The standard InChI is InChI=1S/C18H19N3O4/c1-10-4-5-15-13(8-10)9-14(11(2)20-15)17(23)25-12(3)16(22)21-7-6-19-18(21)24/h4-5,8-9,12H,6-7H2,1-3H3,(H,19,24)/t12-/m1/s1. The maximum Gasteiger partial charge on any atom is 0.340 e. The van der Waals surface area contributed by atoms with Gasteiger partial charge in [0.05, 0.1) is 16.8 Å². The van der Waals surface area contributed by atoms with Gasteiger partial charge in [-0.2, -0.15) is 0 Å². The molecular weight excluding hydrogens is 322 g/mol. The van der Waals surface area contributed by atoms with Crippen LogP contribution in [0.2, 0.25) is 0 Å². The largest absolute Gasteiger partial charge is 0.449 e. The summed E-state index contributed by atoms with van der Waals surface area (Å²) in [6.45, 7) is 5.81. The molecule has 0 radical (unpaired) electrons. The highest BCUT2D eigenvalue weighted by molar-refractivity contribution is 6.00. The Kier molecular flexibility index (Phi) is 4.39. The monoisotopic (exact) mass is 341 g/mol. The number of rotatable bonds is 3. The zero-order valence-electron chi connectivity index (χ0n) is 14.3. The summed E-state index contributed by atoms with van der Waals surface area (Å²) < 4.78 is 5.27. The molecule has 1 saturated heterocycles. The van der Waals surface area contributed by atoms with Crippen LogP contribution in [0.1, 0.15) is 28.5 Å². The van der Waals surface area contributed by atoms with Crippen molar-refractivity contribution in [2.24, 2.45) is 0 Å². The summed E-state index contributed by atoms with van der Waals surface area (Å²) in [7, 11) is 0. The molecule has 7 nitrogen and oxygen atoms in total. The molecule has 0 aliphatic carbocycles. The van der Waals surface area contributed by atoms with Gasteiger partial charge in [-0.15, -0.1) is 0 Å². The molecule has 0 unspecified atom stereocenters.